The zero-order chi connectivity index (χ0) is 80.2. The van der Waals surface area contributed by atoms with Gasteiger partial charge < -0.3 is 28.9 Å². The summed E-state index contributed by atoms with van der Waals surface area (Å²) in [5.74, 6) is 0. The molecular weight excluding hydrogens is 1560 g/mol. The number of H-pyrrole nitrogens is 1. The Morgan fingerprint density at radius 1 is 0.545 bits per heavy atom. The zero-order valence-corrected chi connectivity index (χ0v) is 68.5. The molecule has 12 heterocycles. The van der Waals surface area contributed by atoms with Crippen LogP contribution in [-0.2, 0) is 108 Å². The molecule has 0 aliphatic carbocycles. The summed E-state index contributed by atoms with van der Waals surface area (Å²) in [6, 6.07) is 20.0. The molecule has 15 rings (SSSR count). The van der Waals surface area contributed by atoms with E-state index in [2.05, 4.69) is 99.4 Å². The smallest absolute Gasteiger partial charge is 0.360 e. The lowest BCUT2D eigenvalue weighted by Gasteiger charge is -2.15. The maximum atomic E-state index is 13.5. The summed E-state index contributed by atoms with van der Waals surface area (Å²) in [4.78, 5) is 62.4. The van der Waals surface area contributed by atoms with E-state index in [9.17, 15) is 44.4 Å². The first-order chi connectivity index (χ1) is 52.5. The van der Waals surface area contributed by atoms with Gasteiger partial charge in [0.15, 0.2) is 16.9 Å². The van der Waals surface area contributed by atoms with Crippen LogP contribution >= 0.6 is 34.0 Å². The standard InChI is InChI=1S/C24H31N7O4S2Si.C23H29N7O2SSi.C18H17N7O3S2.C2HF3O.C2H6/c1-29-21-18(22-23(29)28-20(36-22)13-27-37(2,33)34)12-25-30(24(21)32)14-16-7-6-8-19-17(16)11-26-31(19)15-35-9-10-38(3,4)5;1-28-20-17(21-22(28)27-19(10-24)33-21)12-25-29(23(20)31)13-15-6-5-7-18-16(15)11-26-30(18)14-32-8-9-34(2,3)4;1-24-15-12(16-17(24)22-14(29-16)8-21-30(2,27)28)7-20-25(18(15)26)9-10-4-3-5-13-11(10)6-19-23-13;3-2(4,5)1-6;1-2/h6-8,11-12,27H,9-10,13-15H2,1-5H3;5-7,11-12H,8-10,13-14,24H2,1-4H3;3-7,21H,8-9H2,1-2H3,(H,19,23);1H;1-2H3/i;;;;1D. The number of rotatable bonds is 23. The van der Waals surface area contributed by atoms with Gasteiger partial charge in [0.1, 0.15) is 45.0 Å². The number of sulfonamides is 2. The molecule has 15 aromatic rings. The van der Waals surface area contributed by atoms with Gasteiger partial charge in [-0.2, -0.15) is 43.8 Å². The van der Waals surface area contributed by atoms with Crippen LogP contribution in [0.3, 0.4) is 0 Å². The molecule has 584 valence electrons. The number of nitrogens with zero attached hydrogens (tertiary/aromatic N) is 17. The summed E-state index contributed by atoms with van der Waals surface area (Å²) in [7, 11) is -3.50. The van der Waals surface area contributed by atoms with Gasteiger partial charge in [-0.05, 0) is 47.0 Å². The molecule has 12 aromatic heterocycles. The van der Waals surface area contributed by atoms with Crippen LogP contribution in [0.25, 0.3) is 96.5 Å². The third-order valence-corrected chi connectivity index (χ3v) is 25.5. The number of fused-ring (bicyclic) bond motifs is 12. The van der Waals surface area contributed by atoms with Crippen molar-refractivity contribution in [3.05, 3.63) is 155 Å². The minimum absolute atomic E-state index is 0.102. The van der Waals surface area contributed by atoms with E-state index in [0.29, 0.717) is 95.2 Å². The van der Waals surface area contributed by atoms with E-state index in [1.807, 2.05) is 88.0 Å². The molecule has 41 heteroatoms. The van der Waals surface area contributed by atoms with E-state index in [-0.39, 0.29) is 29.8 Å². The Hall–Kier alpha value is -9.41. The molecule has 0 radical (unpaired) electrons. The summed E-state index contributed by atoms with van der Waals surface area (Å²) in [5, 5.41) is 36.6. The number of benzene rings is 3. The number of aldehydes is 1. The molecule has 0 amide bonds. The van der Waals surface area contributed by atoms with Crippen molar-refractivity contribution in [3.8, 4) is 0 Å². The topological polar surface area (TPSA) is 376 Å². The average molecular weight is 1640 g/mol. The molecule has 0 fully saturated rings. The Bertz CT molecular complexity index is 6360. The second-order valence-electron chi connectivity index (χ2n) is 28.0. The fraction of sp³-hybridized carbons (Fsp3) is 0.377. The molecule has 0 saturated carbocycles. The summed E-state index contributed by atoms with van der Waals surface area (Å²) < 4.78 is 116. The highest BCUT2D eigenvalue weighted by atomic mass is 32.2. The van der Waals surface area contributed by atoms with Crippen molar-refractivity contribution >= 4 is 173 Å². The van der Waals surface area contributed by atoms with Crippen molar-refractivity contribution in [3.63, 3.8) is 0 Å². The third-order valence-electron chi connectivity index (χ3n) is 17.5. The molecule has 0 aliphatic heterocycles. The number of nitrogens with two attached hydrogens (primary N) is 1. The van der Waals surface area contributed by atoms with E-state index in [1.165, 1.54) is 48.1 Å². The number of carbonyl (C=O) groups is 1. The van der Waals surface area contributed by atoms with Crippen LogP contribution in [0.15, 0.2) is 106 Å². The number of halogens is 3. The van der Waals surface area contributed by atoms with E-state index < -0.39 is 48.7 Å². The maximum absolute atomic E-state index is 13.5. The van der Waals surface area contributed by atoms with E-state index in [1.54, 1.807) is 54.9 Å². The first kappa shape index (κ1) is 80.1. The van der Waals surface area contributed by atoms with Crippen molar-refractivity contribution in [2.24, 2.45) is 26.9 Å². The molecule has 0 bridgehead atoms. The monoisotopic (exact) mass is 1640 g/mol. The molecular formula is C69H84F3N21O10S5Si2. The van der Waals surface area contributed by atoms with Crippen LogP contribution in [-0.4, -0.2) is 159 Å². The molecule has 0 saturated heterocycles. The number of hydrogen-bond acceptors (Lipinski definition) is 23. The Balaban J connectivity index is 0.000000157. The van der Waals surface area contributed by atoms with Gasteiger partial charge in [0, 0.05) is 90.7 Å². The molecule has 5 N–H and O–H groups in total. The summed E-state index contributed by atoms with van der Waals surface area (Å²) >= 11 is 4.22. The molecule has 110 heavy (non-hydrogen) atoms. The summed E-state index contributed by atoms with van der Waals surface area (Å²) in [6.07, 6.45) is 7.01. The normalized spacial score (nSPS) is 12.5. The van der Waals surface area contributed by atoms with E-state index in [4.69, 9.17) is 21.4 Å². The number of aromatic amines is 1. The summed E-state index contributed by atoms with van der Waals surface area (Å²) in [6.45, 7) is 20.1. The van der Waals surface area contributed by atoms with Crippen molar-refractivity contribution in [1.29, 1.82) is 0 Å². The zero-order valence-electron chi connectivity index (χ0n) is 63.4. The first-order valence-electron chi connectivity index (χ1n) is 35.0. The van der Waals surface area contributed by atoms with Gasteiger partial charge in [-0.25, -0.2) is 64.6 Å². The van der Waals surface area contributed by atoms with Crippen LogP contribution in [0.1, 0.15) is 46.9 Å². The number of ether oxygens (including phenoxy) is 2. The Kier molecular flexibility index (Phi) is 24.2. The Morgan fingerprint density at radius 3 is 1.24 bits per heavy atom. The second kappa shape index (κ2) is 33.3. The highest BCUT2D eigenvalue weighted by molar-refractivity contribution is 7.89. The van der Waals surface area contributed by atoms with Crippen molar-refractivity contribution in [2.45, 2.75) is 124 Å². The predicted molar refractivity (Wildman–Crippen MR) is 430 cm³/mol. The van der Waals surface area contributed by atoms with E-state index >= 15 is 0 Å². The van der Waals surface area contributed by atoms with Crippen molar-refractivity contribution in [2.75, 3.05) is 25.7 Å². The highest BCUT2D eigenvalue weighted by Gasteiger charge is 2.26. The molecule has 31 nitrogen and oxygen atoms in total. The number of hydrogen-bond donors (Lipinski definition) is 4. The number of carbonyl (C=O) groups excluding carboxylic acids is 1. The van der Waals surface area contributed by atoms with Crippen LogP contribution in [0.4, 0.5) is 13.2 Å². The molecule has 0 aliphatic rings. The number of aromatic nitrogens is 18. The van der Waals surface area contributed by atoms with Crippen LogP contribution in [0.2, 0.25) is 51.4 Å². The predicted octanol–water partition coefficient (Wildman–Crippen LogP) is 9.71. The average Bonchev–Trinajstić information content (AvgIpc) is 1.60. The van der Waals surface area contributed by atoms with Crippen molar-refractivity contribution in [1.82, 2.24) is 97.2 Å². The maximum Gasteiger partial charge on any atom is 0.446 e. The second-order valence-corrected chi connectivity index (χ2v) is 46.2. The SMILES string of the molecule is Cn1c2nc(CN)sc2c2cnn(Cc3cccc4c3cnn4COCC[Si](C)(C)C)c(=O)c21.Cn1c2nc(CNS(C)(=O)=O)sc2c2cnn(Cc3cccc4[nH]ncc34)c(=O)c21.Cn1c2nc(CNS(C)(=O)=O)sc2c2cnn(Cc3cccc4c3cnn4COCC[Si](C)(C)C)c(=O)c21.O=CC(F)(F)F.[2H]CC. The molecule has 0 spiro atoms. The van der Waals surface area contributed by atoms with Gasteiger partial charge in [0.25, 0.3) is 16.7 Å². The van der Waals surface area contributed by atoms with Crippen LogP contribution < -0.4 is 31.9 Å². The lowest BCUT2D eigenvalue weighted by Crippen LogP contribution is -2.24. The highest BCUT2D eigenvalue weighted by Crippen LogP contribution is 2.34. The number of nitrogens with one attached hydrogen (secondary N) is 3. The largest absolute Gasteiger partial charge is 0.446 e. The van der Waals surface area contributed by atoms with Crippen molar-refractivity contribution < 1.29 is 45.6 Å². The van der Waals surface area contributed by atoms with Gasteiger partial charge in [-0.3, -0.25) is 24.3 Å². The third kappa shape index (κ3) is 18.6. The molecule has 3 aromatic carbocycles. The van der Waals surface area contributed by atoms with Gasteiger partial charge in [0.05, 0.1) is 113 Å². The lowest BCUT2D eigenvalue weighted by molar-refractivity contribution is -0.156. The number of aryl methyl sites for hydroxylation is 3. The Labute approximate surface area is 643 Å². The quantitative estimate of drug-likeness (QED) is 0.0263. The van der Waals surface area contributed by atoms with Gasteiger partial charge in [-0.1, -0.05) is 89.5 Å². The van der Waals surface area contributed by atoms with Gasteiger partial charge >= 0.3 is 6.18 Å². The van der Waals surface area contributed by atoms with Gasteiger partial charge in [-0.15, -0.1) is 34.0 Å². The molecule has 0 atom stereocenters. The fourth-order valence-corrected chi connectivity index (χ4v) is 17.5. The van der Waals surface area contributed by atoms with Crippen LogP contribution in [0.5, 0.6) is 0 Å². The minimum atomic E-state index is -4.64. The number of alkyl halides is 3. The first-order valence-corrected chi connectivity index (χ1v) is 48.0. The summed E-state index contributed by atoms with van der Waals surface area (Å²) in [5.41, 5.74) is 14.5. The fourth-order valence-electron chi connectivity index (χ4n) is 12.0. The van der Waals surface area contributed by atoms with Crippen LogP contribution in [0, 0.1) is 0 Å². The lowest BCUT2D eigenvalue weighted by atomic mass is 10.1. The van der Waals surface area contributed by atoms with Gasteiger partial charge in [0.2, 0.25) is 26.3 Å². The minimum Gasteiger partial charge on any atom is -0.360 e. The Morgan fingerprint density at radius 2 is 0.882 bits per heavy atom. The molecule has 0 unspecified atom stereocenters. The van der Waals surface area contributed by atoms with E-state index in [0.717, 1.165) is 117 Å². The number of thiazole rings is 3.